The Balaban J connectivity index is 1.87. The maximum atomic E-state index is 7.07. The van der Waals surface area contributed by atoms with Gasteiger partial charge in [-0.3, -0.25) is 0 Å². The fraction of sp³-hybridized carbons (Fsp3) is 0.143. The molecular weight excluding hydrogens is 622 g/mol. The van der Waals surface area contributed by atoms with Crippen molar-refractivity contribution in [1.82, 2.24) is 0 Å². The van der Waals surface area contributed by atoms with Crippen LogP contribution in [-0.4, -0.2) is 19.5 Å². The standard InChI is InChI=1S/5C7H8O.Sb/c5*1-6-4-2-3-5-7(6)8;/h5*2-5,8H,1H3;/q;;;;;+5/p-5. The van der Waals surface area contributed by atoms with Crippen molar-refractivity contribution in [3.8, 4) is 28.7 Å². The van der Waals surface area contributed by atoms with Gasteiger partial charge in [0.2, 0.25) is 0 Å². The SMILES string of the molecule is Cc1ccccc1[O][Sb]([O]c1ccccc1C)([O]c1ccccc1C)([O]c1ccccc1C)[O]c1ccccc1C. The Kier molecular flexibility index (Phi) is 8.19. The molecule has 0 amide bonds. The van der Waals surface area contributed by atoms with Gasteiger partial charge in [0.05, 0.1) is 0 Å². The van der Waals surface area contributed by atoms with Gasteiger partial charge in [0, 0.05) is 0 Å². The van der Waals surface area contributed by atoms with Crippen molar-refractivity contribution in [1.29, 1.82) is 0 Å². The van der Waals surface area contributed by atoms with E-state index < -0.39 is 19.5 Å². The van der Waals surface area contributed by atoms with Crippen LogP contribution < -0.4 is 15.1 Å². The molecule has 0 N–H and O–H groups in total. The third kappa shape index (κ3) is 6.31. The van der Waals surface area contributed by atoms with Gasteiger partial charge in [-0.25, -0.2) is 0 Å². The van der Waals surface area contributed by atoms with Crippen LogP contribution in [0.3, 0.4) is 0 Å². The molecular formula is C35H35O5Sb. The van der Waals surface area contributed by atoms with Crippen LogP contribution in [-0.2, 0) is 0 Å². The number of hydrogen-bond acceptors (Lipinski definition) is 5. The molecule has 0 aromatic heterocycles. The van der Waals surface area contributed by atoms with E-state index in [1.54, 1.807) is 0 Å². The molecule has 0 fully saturated rings. The molecule has 0 saturated carbocycles. The topological polar surface area (TPSA) is 46.2 Å². The van der Waals surface area contributed by atoms with Gasteiger partial charge in [0.25, 0.3) is 0 Å². The Hall–Kier alpha value is -4.08. The second-order valence-corrected chi connectivity index (χ2v) is 16.9. The average Bonchev–Trinajstić information content (AvgIpc) is 2.96. The van der Waals surface area contributed by atoms with Gasteiger partial charge < -0.3 is 0 Å². The van der Waals surface area contributed by atoms with Crippen LogP contribution in [0, 0.1) is 34.6 Å². The molecule has 0 aliphatic rings. The van der Waals surface area contributed by atoms with Crippen LogP contribution in [0.1, 0.15) is 27.8 Å². The van der Waals surface area contributed by atoms with Crippen molar-refractivity contribution in [2.45, 2.75) is 34.6 Å². The van der Waals surface area contributed by atoms with Gasteiger partial charge in [-0.1, -0.05) is 0 Å². The zero-order chi connectivity index (χ0) is 28.9. The average molecular weight is 657 g/mol. The minimum absolute atomic E-state index is 0.540. The molecule has 0 heterocycles. The number of aryl methyl sites for hydroxylation is 5. The molecule has 0 aliphatic heterocycles. The Morgan fingerprint density at radius 2 is 0.463 bits per heavy atom. The quantitative estimate of drug-likeness (QED) is 0.141. The molecule has 5 aromatic carbocycles. The first-order valence-corrected chi connectivity index (χ1v) is 18.8. The van der Waals surface area contributed by atoms with Crippen LogP contribution in [0.2, 0.25) is 0 Å². The van der Waals surface area contributed by atoms with E-state index in [1.807, 2.05) is 156 Å². The molecule has 0 saturated heterocycles. The summed E-state index contributed by atoms with van der Waals surface area (Å²) in [6.07, 6.45) is 0. The Morgan fingerprint density at radius 3 is 0.634 bits per heavy atom. The third-order valence-electron chi connectivity index (χ3n) is 6.71. The van der Waals surface area contributed by atoms with Crippen molar-refractivity contribution in [2.75, 3.05) is 0 Å². The van der Waals surface area contributed by atoms with Gasteiger partial charge in [-0.05, 0) is 0 Å². The Morgan fingerprint density at radius 1 is 0.293 bits per heavy atom. The number of hydrogen-bond donors (Lipinski definition) is 0. The van der Waals surface area contributed by atoms with Crippen LogP contribution in [0.5, 0.6) is 28.7 Å². The molecule has 41 heavy (non-hydrogen) atoms. The van der Waals surface area contributed by atoms with Crippen LogP contribution in [0.25, 0.3) is 0 Å². The predicted octanol–water partition coefficient (Wildman–Crippen LogP) is 8.81. The summed E-state index contributed by atoms with van der Waals surface area (Å²) in [6, 6.07) is 38.6. The van der Waals surface area contributed by atoms with E-state index in [4.69, 9.17) is 15.1 Å². The summed E-state index contributed by atoms with van der Waals surface area (Å²) in [6.45, 7) is 9.87. The fourth-order valence-electron chi connectivity index (χ4n) is 4.28. The molecule has 0 spiro atoms. The summed E-state index contributed by atoms with van der Waals surface area (Å²) in [5.41, 5.74) is 4.42. The Bertz CT molecular complexity index is 1370. The predicted molar refractivity (Wildman–Crippen MR) is 165 cm³/mol. The summed E-state index contributed by atoms with van der Waals surface area (Å²) in [5, 5.41) is 0. The first-order chi connectivity index (χ1) is 19.8. The summed E-state index contributed by atoms with van der Waals surface area (Å²) < 4.78 is 35.3. The number of rotatable bonds is 10. The summed E-state index contributed by atoms with van der Waals surface area (Å²) in [5.74, 6) is 2.70. The van der Waals surface area contributed by atoms with Crippen molar-refractivity contribution in [3.63, 3.8) is 0 Å². The molecule has 5 aromatic rings. The molecule has 5 nitrogen and oxygen atoms in total. The molecule has 5 rings (SSSR count). The zero-order valence-electron chi connectivity index (χ0n) is 24.0. The van der Waals surface area contributed by atoms with Crippen LogP contribution in [0.15, 0.2) is 121 Å². The third-order valence-corrected chi connectivity index (χ3v) is 13.8. The molecule has 0 atom stereocenters. The van der Waals surface area contributed by atoms with Crippen LogP contribution in [0.4, 0.5) is 0 Å². The van der Waals surface area contributed by atoms with Crippen molar-refractivity contribution in [3.05, 3.63) is 149 Å². The summed E-state index contributed by atoms with van der Waals surface area (Å²) in [7, 11) is 0. The van der Waals surface area contributed by atoms with E-state index in [0.29, 0.717) is 28.7 Å². The van der Waals surface area contributed by atoms with Crippen molar-refractivity contribution < 1.29 is 15.1 Å². The van der Waals surface area contributed by atoms with E-state index >= 15 is 0 Å². The van der Waals surface area contributed by atoms with Crippen molar-refractivity contribution in [2.24, 2.45) is 0 Å². The molecule has 0 aliphatic carbocycles. The van der Waals surface area contributed by atoms with Gasteiger partial charge in [0.1, 0.15) is 0 Å². The Labute approximate surface area is 246 Å². The van der Waals surface area contributed by atoms with E-state index in [-0.39, 0.29) is 0 Å². The first-order valence-electron chi connectivity index (χ1n) is 13.6. The summed E-state index contributed by atoms with van der Waals surface area (Å²) in [4.78, 5) is 0. The molecule has 0 radical (unpaired) electrons. The molecule has 210 valence electrons. The van der Waals surface area contributed by atoms with Crippen molar-refractivity contribution >= 4 is 19.5 Å². The monoisotopic (exact) mass is 656 g/mol. The zero-order valence-corrected chi connectivity index (χ0v) is 26.6. The van der Waals surface area contributed by atoms with E-state index in [1.165, 1.54) is 0 Å². The molecule has 0 unspecified atom stereocenters. The second kappa shape index (κ2) is 11.8. The van der Waals surface area contributed by atoms with E-state index in [0.717, 1.165) is 27.8 Å². The van der Waals surface area contributed by atoms with Gasteiger partial charge in [-0.2, -0.15) is 0 Å². The van der Waals surface area contributed by atoms with Gasteiger partial charge in [-0.15, -0.1) is 0 Å². The number of para-hydroxylation sites is 5. The maximum absolute atomic E-state index is 7.07. The van der Waals surface area contributed by atoms with Crippen LogP contribution >= 0.6 is 0 Å². The van der Waals surface area contributed by atoms with Gasteiger partial charge in [0.15, 0.2) is 0 Å². The first kappa shape index (κ1) is 28.4. The molecule has 0 bridgehead atoms. The normalized spacial score (nSPS) is 12.1. The molecule has 6 heteroatoms. The fourth-order valence-corrected chi connectivity index (χ4v) is 12.9. The summed E-state index contributed by atoms with van der Waals surface area (Å²) >= 11 is -6.42. The van der Waals surface area contributed by atoms with Gasteiger partial charge >= 0.3 is 247 Å². The van der Waals surface area contributed by atoms with E-state index in [2.05, 4.69) is 0 Å². The second-order valence-electron chi connectivity index (χ2n) is 10.0. The number of benzene rings is 5. The minimum atomic E-state index is -6.42. The van der Waals surface area contributed by atoms with E-state index in [9.17, 15) is 0 Å².